The molecule has 0 aliphatic rings. The van der Waals surface area contributed by atoms with Gasteiger partial charge in [-0.1, -0.05) is 18.2 Å². The first-order chi connectivity index (χ1) is 11.6. The molecular formula is C15H9F6NO2S. The lowest BCUT2D eigenvalue weighted by molar-refractivity contribution is -0.223. The molecule has 0 saturated carbocycles. The highest BCUT2D eigenvalue weighted by atomic mass is 32.1. The Kier molecular flexibility index (Phi) is 5.51. The van der Waals surface area contributed by atoms with Gasteiger partial charge in [-0.3, -0.25) is 0 Å². The van der Waals surface area contributed by atoms with Gasteiger partial charge in [-0.05, 0) is 12.1 Å². The maximum atomic E-state index is 13.2. The molecule has 0 radical (unpaired) electrons. The predicted octanol–water partition coefficient (Wildman–Crippen LogP) is 5.02. The van der Waals surface area contributed by atoms with Crippen molar-refractivity contribution in [3.8, 4) is 0 Å². The van der Waals surface area contributed by atoms with Crippen LogP contribution in [0.1, 0.15) is 22.9 Å². The number of nitrogens with zero attached hydrogens (tertiary/aromatic N) is 1. The highest BCUT2D eigenvalue weighted by molar-refractivity contribution is 7.07. The monoisotopic (exact) mass is 381 g/mol. The van der Waals surface area contributed by atoms with Gasteiger partial charge in [-0.25, -0.2) is 9.78 Å². The zero-order chi connectivity index (χ0) is 18.7. The molecule has 0 bridgehead atoms. The van der Waals surface area contributed by atoms with Crippen LogP contribution < -0.4 is 0 Å². The number of alkyl halides is 6. The Balaban J connectivity index is 2.31. The van der Waals surface area contributed by atoms with Gasteiger partial charge in [0, 0.05) is 17.0 Å². The third kappa shape index (κ3) is 5.05. The van der Waals surface area contributed by atoms with Crippen LogP contribution in [0.2, 0.25) is 0 Å². The molecule has 134 valence electrons. The van der Waals surface area contributed by atoms with Crippen molar-refractivity contribution < 1.29 is 35.9 Å². The fraction of sp³-hybridized carbons (Fsp3) is 0.200. The van der Waals surface area contributed by atoms with Crippen molar-refractivity contribution in [1.82, 2.24) is 4.98 Å². The van der Waals surface area contributed by atoms with Crippen molar-refractivity contribution in [3.05, 3.63) is 58.1 Å². The number of rotatable bonds is 4. The lowest BCUT2D eigenvalue weighted by Crippen LogP contribution is -2.28. The Labute approximate surface area is 141 Å². The first-order valence-electron chi connectivity index (χ1n) is 6.59. The molecule has 10 heteroatoms. The molecule has 1 heterocycles. The van der Waals surface area contributed by atoms with Crippen molar-refractivity contribution in [2.45, 2.75) is 18.5 Å². The van der Waals surface area contributed by atoms with Crippen LogP contribution in [0.25, 0.3) is 6.08 Å². The van der Waals surface area contributed by atoms with Crippen LogP contribution in [0.5, 0.6) is 0 Å². The fourth-order valence-corrected chi connectivity index (χ4v) is 2.43. The summed E-state index contributed by atoms with van der Waals surface area (Å²) in [5, 5.41) is 1.52. The Morgan fingerprint density at radius 3 is 2.40 bits per heavy atom. The van der Waals surface area contributed by atoms with Gasteiger partial charge in [0.05, 0.1) is 16.8 Å². The van der Waals surface area contributed by atoms with Gasteiger partial charge in [-0.2, -0.15) is 26.3 Å². The average molecular weight is 381 g/mol. The largest absolute Gasteiger partial charge is 0.445 e. The topological polar surface area (TPSA) is 39.2 Å². The number of halogens is 6. The minimum Gasteiger partial charge on any atom is -0.445 e. The third-order valence-corrected chi connectivity index (χ3v) is 3.53. The molecule has 1 aromatic heterocycles. The van der Waals surface area contributed by atoms with Crippen LogP contribution >= 0.6 is 11.3 Å². The van der Waals surface area contributed by atoms with E-state index >= 15 is 0 Å². The van der Waals surface area contributed by atoms with Crippen molar-refractivity contribution in [2.24, 2.45) is 0 Å². The fourth-order valence-electron chi connectivity index (χ4n) is 1.90. The number of aromatic nitrogens is 1. The van der Waals surface area contributed by atoms with Gasteiger partial charge >= 0.3 is 18.3 Å². The molecule has 25 heavy (non-hydrogen) atoms. The predicted molar refractivity (Wildman–Crippen MR) is 77.5 cm³/mol. The summed E-state index contributed by atoms with van der Waals surface area (Å²) in [7, 11) is 0. The van der Waals surface area contributed by atoms with E-state index < -0.39 is 35.6 Å². The van der Waals surface area contributed by atoms with E-state index in [-0.39, 0.29) is 0 Å². The van der Waals surface area contributed by atoms with E-state index in [2.05, 4.69) is 9.72 Å². The first-order valence-corrected chi connectivity index (χ1v) is 7.53. The summed E-state index contributed by atoms with van der Waals surface area (Å²) < 4.78 is 82.6. The summed E-state index contributed by atoms with van der Waals surface area (Å²) in [5.74, 6) is -1.44. The zero-order valence-corrected chi connectivity index (χ0v) is 13.0. The molecule has 2 aromatic rings. The Morgan fingerprint density at radius 1 is 1.16 bits per heavy atom. The van der Waals surface area contributed by atoms with E-state index in [1.54, 1.807) is 0 Å². The van der Waals surface area contributed by atoms with Gasteiger partial charge < -0.3 is 4.74 Å². The maximum Gasteiger partial charge on any atom is 0.429 e. The van der Waals surface area contributed by atoms with Gasteiger partial charge in [0.15, 0.2) is 0 Å². The molecule has 3 nitrogen and oxygen atoms in total. The maximum absolute atomic E-state index is 13.2. The van der Waals surface area contributed by atoms with E-state index in [0.29, 0.717) is 23.9 Å². The van der Waals surface area contributed by atoms with Crippen LogP contribution in [0.15, 0.2) is 41.2 Å². The van der Waals surface area contributed by atoms with Gasteiger partial charge in [0.25, 0.3) is 0 Å². The minimum absolute atomic E-state index is 0.307. The lowest BCUT2D eigenvalue weighted by atomic mass is 10.0. The van der Waals surface area contributed by atoms with Crippen LogP contribution in [0.4, 0.5) is 26.3 Å². The van der Waals surface area contributed by atoms with E-state index in [9.17, 15) is 31.1 Å². The normalized spacial score (nSPS) is 13.8. The summed E-state index contributed by atoms with van der Waals surface area (Å²) in [5.41, 5.74) is -0.962. The van der Waals surface area contributed by atoms with E-state index in [0.717, 1.165) is 18.2 Å². The number of carbonyl (C=O) groups excluding carboxylic acids is 1. The molecular weight excluding hydrogens is 372 g/mol. The molecule has 0 saturated heterocycles. The van der Waals surface area contributed by atoms with Crippen molar-refractivity contribution in [1.29, 1.82) is 0 Å². The summed E-state index contributed by atoms with van der Waals surface area (Å²) >= 11 is 1.19. The summed E-state index contributed by atoms with van der Waals surface area (Å²) in [6.45, 7) is 0. The molecule has 0 aliphatic carbocycles. The molecule has 0 spiro atoms. The zero-order valence-electron chi connectivity index (χ0n) is 12.1. The standard InChI is InChI=1S/C15H9F6NO2S/c16-14(17,18)11-4-2-1-3-10(11)13(15(19,20)21)24-12(23)6-5-9-7-25-8-22-9/h1-8,13H/b6-5-/t13-/m1/s1. The number of carbonyl (C=O) groups is 1. The molecule has 1 atom stereocenters. The highest BCUT2D eigenvalue weighted by Gasteiger charge is 2.48. The Hall–Kier alpha value is -2.36. The second-order valence-corrected chi connectivity index (χ2v) is 5.41. The smallest absolute Gasteiger partial charge is 0.429 e. The van der Waals surface area contributed by atoms with Crippen LogP contribution in [0, 0.1) is 0 Å². The minimum atomic E-state index is -5.22. The van der Waals surface area contributed by atoms with Crippen LogP contribution in [-0.4, -0.2) is 17.1 Å². The molecule has 1 aromatic carbocycles. The number of thiazole rings is 1. The third-order valence-electron chi connectivity index (χ3n) is 2.92. The number of hydrogen-bond donors (Lipinski definition) is 0. The van der Waals surface area contributed by atoms with Gasteiger partial charge in [-0.15, -0.1) is 11.3 Å². The van der Waals surface area contributed by atoms with Gasteiger partial charge in [0.2, 0.25) is 6.10 Å². The molecule has 2 rings (SSSR count). The number of esters is 1. The number of benzene rings is 1. The SMILES string of the molecule is O=C(/C=C\c1cscn1)O[C@H](c1ccccc1C(F)(F)F)C(F)(F)F. The average Bonchev–Trinajstić information content (AvgIpc) is 3.02. The number of ether oxygens (including phenoxy) is 1. The molecule has 0 amide bonds. The Bertz CT molecular complexity index is 752. The first kappa shape index (κ1) is 19.0. The van der Waals surface area contributed by atoms with Gasteiger partial charge in [0.1, 0.15) is 0 Å². The number of hydrogen-bond acceptors (Lipinski definition) is 4. The summed E-state index contributed by atoms with van der Waals surface area (Å²) in [6, 6.07) is 3.07. The Morgan fingerprint density at radius 2 is 1.84 bits per heavy atom. The van der Waals surface area contributed by atoms with Crippen LogP contribution in [0.3, 0.4) is 0 Å². The van der Waals surface area contributed by atoms with Crippen molar-refractivity contribution >= 4 is 23.4 Å². The molecule has 0 aliphatic heterocycles. The highest BCUT2D eigenvalue weighted by Crippen LogP contribution is 2.42. The lowest BCUT2D eigenvalue weighted by Gasteiger charge is -2.23. The van der Waals surface area contributed by atoms with Crippen molar-refractivity contribution in [2.75, 3.05) is 0 Å². The second-order valence-electron chi connectivity index (χ2n) is 4.69. The second kappa shape index (κ2) is 7.26. The molecule has 0 unspecified atom stereocenters. The quantitative estimate of drug-likeness (QED) is 0.424. The molecule has 0 N–H and O–H groups in total. The van der Waals surface area contributed by atoms with E-state index in [1.165, 1.54) is 22.2 Å². The van der Waals surface area contributed by atoms with Crippen molar-refractivity contribution in [3.63, 3.8) is 0 Å². The summed E-state index contributed by atoms with van der Waals surface area (Å²) in [6.07, 6.45) is -11.5. The molecule has 0 fully saturated rings. The van der Waals surface area contributed by atoms with E-state index in [4.69, 9.17) is 0 Å². The van der Waals surface area contributed by atoms with E-state index in [1.807, 2.05) is 0 Å². The summed E-state index contributed by atoms with van der Waals surface area (Å²) in [4.78, 5) is 15.4. The van der Waals surface area contributed by atoms with Crippen LogP contribution in [-0.2, 0) is 15.7 Å².